The van der Waals surface area contributed by atoms with E-state index < -0.39 is 29.6 Å². The molecule has 1 saturated heterocycles. The van der Waals surface area contributed by atoms with E-state index in [1.165, 1.54) is 29.2 Å². The largest absolute Gasteiger partial charge is 0.457 e. The smallest absolute Gasteiger partial charge is 0.411 e. The Morgan fingerprint density at radius 2 is 1.68 bits per heavy atom. The molecule has 1 aliphatic rings. The van der Waals surface area contributed by atoms with Gasteiger partial charge in [-0.1, -0.05) is 0 Å². The van der Waals surface area contributed by atoms with Crippen LogP contribution in [0.2, 0.25) is 0 Å². The molecule has 8 heteroatoms. The summed E-state index contributed by atoms with van der Waals surface area (Å²) in [5, 5.41) is 12.0. The Labute approximate surface area is 180 Å². The molecule has 0 unspecified atom stereocenters. The topological polar surface area (TPSA) is 91.7 Å². The maximum Gasteiger partial charge on any atom is 0.411 e. The van der Waals surface area contributed by atoms with E-state index in [0.717, 1.165) is 0 Å². The molecule has 0 bridgehead atoms. The van der Waals surface area contributed by atoms with Gasteiger partial charge in [0.1, 0.15) is 29.0 Å². The summed E-state index contributed by atoms with van der Waals surface area (Å²) in [4.78, 5) is 26.6. The molecule has 1 N–H and O–H groups in total. The number of likely N-dealkylation sites (tertiary alicyclic amines) is 1. The molecule has 0 radical (unpaired) electrons. The summed E-state index contributed by atoms with van der Waals surface area (Å²) in [6, 6.07) is 13.6. The molecule has 1 aliphatic heterocycles. The average molecular weight is 425 g/mol. The normalized spacial score (nSPS) is 18.2. The lowest BCUT2D eigenvalue weighted by molar-refractivity contribution is -0.120. The van der Waals surface area contributed by atoms with Crippen LogP contribution in [0.5, 0.6) is 11.5 Å². The summed E-state index contributed by atoms with van der Waals surface area (Å²) in [5.41, 5.74) is -0.190. The molecule has 1 heterocycles. The van der Waals surface area contributed by atoms with E-state index in [-0.39, 0.29) is 18.8 Å². The van der Waals surface area contributed by atoms with E-state index in [0.29, 0.717) is 17.2 Å². The molecule has 0 aliphatic carbocycles. The van der Waals surface area contributed by atoms with Gasteiger partial charge in [0, 0.05) is 12.2 Å². The molecule has 0 spiro atoms. The summed E-state index contributed by atoms with van der Waals surface area (Å²) >= 11 is 0. The zero-order valence-electron chi connectivity index (χ0n) is 17.6. The third kappa shape index (κ3) is 5.95. The number of rotatable bonds is 4. The quantitative estimate of drug-likeness (QED) is 0.766. The van der Waals surface area contributed by atoms with Gasteiger partial charge in [-0.15, -0.1) is 0 Å². The van der Waals surface area contributed by atoms with Gasteiger partial charge >= 0.3 is 6.09 Å². The highest BCUT2D eigenvalue weighted by Gasteiger charge is 2.41. The minimum atomic E-state index is -0.797. The third-order valence-corrected chi connectivity index (χ3v) is 4.59. The van der Waals surface area contributed by atoms with E-state index >= 15 is 0 Å². The lowest BCUT2D eigenvalue weighted by atomic mass is 10.1. The van der Waals surface area contributed by atoms with E-state index in [2.05, 4.69) is 11.4 Å². The molecule has 7 nitrogen and oxygen atoms in total. The molecule has 3 rings (SSSR count). The lowest BCUT2D eigenvalue weighted by Crippen LogP contribution is -2.45. The number of benzene rings is 2. The second-order valence-corrected chi connectivity index (χ2v) is 8.28. The molecule has 31 heavy (non-hydrogen) atoms. The second-order valence-electron chi connectivity index (χ2n) is 8.28. The van der Waals surface area contributed by atoms with Gasteiger partial charge in [-0.05, 0) is 75.7 Å². The van der Waals surface area contributed by atoms with E-state index in [4.69, 9.17) is 9.47 Å². The zero-order valence-corrected chi connectivity index (χ0v) is 17.6. The molecule has 2 amide bonds. The fourth-order valence-electron chi connectivity index (χ4n) is 3.17. The molecule has 2 atom stereocenters. The Hall–Kier alpha value is -3.60. The van der Waals surface area contributed by atoms with Crippen molar-refractivity contribution in [3.8, 4) is 17.6 Å². The van der Waals surface area contributed by atoms with Crippen molar-refractivity contribution in [2.45, 2.75) is 38.8 Å². The highest BCUT2D eigenvalue weighted by Crippen LogP contribution is 2.27. The maximum absolute atomic E-state index is 13.0. The lowest BCUT2D eigenvalue weighted by Gasteiger charge is -2.27. The first-order valence-electron chi connectivity index (χ1n) is 9.88. The van der Waals surface area contributed by atoms with Crippen LogP contribution in [-0.4, -0.2) is 35.1 Å². The van der Waals surface area contributed by atoms with Gasteiger partial charge in [-0.25, -0.2) is 9.18 Å². The van der Waals surface area contributed by atoms with Crippen molar-refractivity contribution in [1.82, 2.24) is 4.90 Å². The fraction of sp³-hybridized carbons (Fsp3) is 0.348. The molecular formula is C23H24FN3O4. The van der Waals surface area contributed by atoms with Crippen LogP contribution >= 0.6 is 0 Å². The van der Waals surface area contributed by atoms with Crippen molar-refractivity contribution in [2.75, 3.05) is 11.9 Å². The van der Waals surface area contributed by atoms with Crippen molar-refractivity contribution in [2.24, 2.45) is 5.92 Å². The Morgan fingerprint density at radius 3 is 2.23 bits per heavy atom. The minimum Gasteiger partial charge on any atom is -0.457 e. The summed E-state index contributed by atoms with van der Waals surface area (Å²) in [5.74, 6) is -0.174. The van der Waals surface area contributed by atoms with E-state index in [9.17, 15) is 19.2 Å². The van der Waals surface area contributed by atoms with Gasteiger partial charge in [0.05, 0.1) is 12.0 Å². The third-order valence-electron chi connectivity index (χ3n) is 4.59. The number of carbonyl (C=O) groups excluding carboxylic acids is 2. The van der Waals surface area contributed by atoms with E-state index in [1.54, 1.807) is 45.0 Å². The van der Waals surface area contributed by atoms with Crippen molar-refractivity contribution < 1.29 is 23.5 Å². The van der Waals surface area contributed by atoms with Gasteiger partial charge in [0.2, 0.25) is 5.91 Å². The van der Waals surface area contributed by atoms with Crippen LogP contribution in [0, 0.1) is 23.1 Å². The number of nitriles is 1. The predicted octanol–water partition coefficient (Wildman–Crippen LogP) is 4.71. The Morgan fingerprint density at radius 1 is 1.10 bits per heavy atom. The highest BCUT2D eigenvalue weighted by atomic mass is 19.1. The van der Waals surface area contributed by atoms with Crippen LogP contribution in [0.1, 0.15) is 27.2 Å². The van der Waals surface area contributed by atoms with Gasteiger partial charge in [0.15, 0.2) is 0 Å². The molecule has 0 aromatic heterocycles. The van der Waals surface area contributed by atoms with Crippen LogP contribution < -0.4 is 10.1 Å². The highest BCUT2D eigenvalue weighted by molar-refractivity contribution is 5.97. The summed E-state index contributed by atoms with van der Waals surface area (Å²) in [6.45, 7) is 5.38. The SMILES string of the molecule is CC(C)(C)OC(=O)N1C[C@H](C#N)C[C@H]1C(=O)Nc1ccc(Oc2ccc(F)cc2)cc1. The number of amides is 2. The average Bonchev–Trinajstić information content (AvgIpc) is 3.15. The number of hydrogen-bond acceptors (Lipinski definition) is 5. The Balaban J connectivity index is 1.65. The van der Waals surface area contributed by atoms with Gasteiger partial charge in [0.25, 0.3) is 0 Å². The van der Waals surface area contributed by atoms with Crippen molar-refractivity contribution in [3.63, 3.8) is 0 Å². The first kappa shape index (κ1) is 22.1. The number of ether oxygens (including phenoxy) is 2. The van der Waals surface area contributed by atoms with E-state index in [1.807, 2.05) is 0 Å². The number of nitrogens with zero attached hydrogens (tertiary/aromatic N) is 2. The summed E-state index contributed by atoms with van der Waals surface area (Å²) in [6.07, 6.45) is -0.374. The summed E-state index contributed by atoms with van der Waals surface area (Å²) < 4.78 is 24.0. The predicted molar refractivity (Wildman–Crippen MR) is 112 cm³/mol. The monoisotopic (exact) mass is 425 g/mol. The van der Waals surface area contributed by atoms with Crippen LogP contribution in [-0.2, 0) is 9.53 Å². The molecular weight excluding hydrogens is 401 g/mol. The first-order chi connectivity index (χ1) is 14.6. The summed E-state index contributed by atoms with van der Waals surface area (Å²) in [7, 11) is 0. The molecule has 162 valence electrons. The van der Waals surface area contributed by atoms with Crippen molar-refractivity contribution in [3.05, 3.63) is 54.3 Å². The van der Waals surface area contributed by atoms with Crippen molar-refractivity contribution in [1.29, 1.82) is 5.26 Å². The Bertz CT molecular complexity index is 978. The fourth-order valence-corrected chi connectivity index (χ4v) is 3.17. The van der Waals surface area contributed by atoms with Gasteiger partial charge in [-0.2, -0.15) is 5.26 Å². The number of hydrogen-bond donors (Lipinski definition) is 1. The minimum absolute atomic E-state index is 0.147. The Kier molecular flexibility index (Phi) is 6.44. The molecule has 1 fully saturated rings. The number of nitrogens with one attached hydrogen (secondary N) is 1. The van der Waals surface area contributed by atoms with Gasteiger partial charge in [-0.3, -0.25) is 9.69 Å². The zero-order chi connectivity index (χ0) is 22.6. The maximum atomic E-state index is 13.0. The van der Waals surface area contributed by atoms with Crippen LogP contribution in [0.3, 0.4) is 0 Å². The first-order valence-corrected chi connectivity index (χ1v) is 9.88. The number of carbonyl (C=O) groups is 2. The molecule has 0 saturated carbocycles. The molecule has 2 aromatic carbocycles. The molecule has 2 aromatic rings. The second kappa shape index (κ2) is 9.04. The number of anilines is 1. The van der Waals surface area contributed by atoms with Crippen LogP contribution in [0.25, 0.3) is 0 Å². The van der Waals surface area contributed by atoms with Crippen LogP contribution in [0.4, 0.5) is 14.9 Å². The standard InChI is InChI=1S/C23H24FN3O4/c1-23(2,3)31-22(29)27-14-15(13-25)12-20(27)21(28)26-17-6-10-19(11-7-17)30-18-8-4-16(24)5-9-18/h4-11,15,20H,12,14H2,1-3H3,(H,26,28)/t15-,20-/m0/s1. The number of halogens is 1. The van der Waals surface area contributed by atoms with Crippen molar-refractivity contribution >= 4 is 17.7 Å². The van der Waals surface area contributed by atoms with Crippen LogP contribution in [0.15, 0.2) is 48.5 Å². The van der Waals surface area contributed by atoms with Gasteiger partial charge < -0.3 is 14.8 Å².